The second kappa shape index (κ2) is 8.39. The minimum Gasteiger partial charge on any atom is -0.508 e. The van der Waals surface area contributed by atoms with Crippen molar-refractivity contribution in [3.63, 3.8) is 0 Å². The molecule has 1 unspecified atom stereocenters. The number of rotatable bonds is 8. The Hall–Kier alpha value is -3.01. The van der Waals surface area contributed by atoms with E-state index in [9.17, 15) is 14.7 Å². The van der Waals surface area contributed by atoms with Gasteiger partial charge in [-0.2, -0.15) is 5.21 Å². The highest BCUT2D eigenvalue weighted by Gasteiger charge is 2.63. The van der Waals surface area contributed by atoms with Crippen LogP contribution in [0.2, 0.25) is 0 Å². The number of phenolic OH excluding ortho intramolecular Hbond substituents is 1. The summed E-state index contributed by atoms with van der Waals surface area (Å²) in [5.41, 5.74) is 5.90. The van der Waals surface area contributed by atoms with E-state index in [1.54, 1.807) is 12.1 Å². The Morgan fingerprint density at radius 3 is 3.00 bits per heavy atom. The summed E-state index contributed by atoms with van der Waals surface area (Å²) in [6, 6.07) is 5.39. The summed E-state index contributed by atoms with van der Waals surface area (Å²) in [6.07, 6.45) is 5.00. The number of aromatic hydroxyl groups is 1. The van der Waals surface area contributed by atoms with Crippen molar-refractivity contribution in [2.75, 3.05) is 6.54 Å². The van der Waals surface area contributed by atoms with Crippen LogP contribution in [0.4, 0.5) is 0 Å². The molecule has 0 saturated heterocycles. The molecule has 4 rings (SSSR count). The summed E-state index contributed by atoms with van der Waals surface area (Å²) in [6.45, 7) is 0.430. The highest BCUT2D eigenvalue weighted by molar-refractivity contribution is 5.97. The lowest BCUT2D eigenvalue weighted by Gasteiger charge is -2.21. The number of aromatic nitrogens is 4. The standard InChI is InChI=1S/C20H27N7O3/c21-9-3-7-15(22-18(29)12-4-1-5-13(28)10-12)19(30)23-16-11-20(16)8-2-6-14(20)17-24-26-27-25-17/h1,4-5,10,14-16,28H,2-3,6-9,11,21H2,(H,22,29)(H,23,30)(H,24,25,26,27)/t14-,15-,16-,20?/m0/s1. The van der Waals surface area contributed by atoms with E-state index in [-0.39, 0.29) is 29.0 Å². The largest absolute Gasteiger partial charge is 0.508 e. The molecule has 2 amide bonds. The summed E-state index contributed by atoms with van der Waals surface area (Å²) in [5, 5.41) is 30.0. The Labute approximate surface area is 174 Å². The third kappa shape index (κ3) is 4.00. The van der Waals surface area contributed by atoms with Crippen molar-refractivity contribution in [3.8, 4) is 5.75 Å². The molecule has 0 radical (unpaired) electrons. The van der Waals surface area contributed by atoms with Crippen molar-refractivity contribution in [1.29, 1.82) is 0 Å². The van der Waals surface area contributed by atoms with Gasteiger partial charge in [0.05, 0.1) is 0 Å². The second-order valence-electron chi connectivity index (χ2n) is 8.22. The maximum Gasteiger partial charge on any atom is 0.252 e. The molecule has 1 spiro atoms. The van der Waals surface area contributed by atoms with E-state index in [0.717, 1.165) is 25.7 Å². The molecule has 2 aliphatic rings. The van der Waals surface area contributed by atoms with Crippen LogP contribution in [0.15, 0.2) is 24.3 Å². The molecular formula is C20H27N7O3. The number of nitrogens with two attached hydrogens (primary N) is 1. The fourth-order valence-corrected chi connectivity index (χ4v) is 4.73. The van der Waals surface area contributed by atoms with Crippen molar-refractivity contribution in [2.24, 2.45) is 11.1 Å². The van der Waals surface area contributed by atoms with Gasteiger partial charge in [-0.1, -0.05) is 17.7 Å². The van der Waals surface area contributed by atoms with E-state index in [4.69, 9.17) is 5.73 Å². The van der Waals surface area contributed by atoms with Crippen LogP contribution in [-0.4, -0.2) is 56.2 Å². The first kappa shape index (κ1) is 20.3. The Balaban J connectivity index is 1.41. The van der Waals surface area contributed by atoms with Gasteiger partial charge in [0.15, 0.2) is 5.82 Å². The molecule has 30 heavy (non-hydrogen) atoms. The fraction of sp³-hybridized carbons (Fsp3) is 0.550. The third-order valence-corrected chi connectivity index (χ3v) is 6.36. The fourth-order valence-electron chi connectivity index (χ4n) is 4.73. The number of benzene rings is 1. The molecule has 0 bridgehead atoms. The number of phenols is 1. The molecule has 2 aliphatic carbocycles. The van der Waals surface area contributed by atoms with Gasteiger partial charge in [-0.05, 0) is 56.8 Å². The zero-order valence-electron chi connectivity index (χ0n) is 16.7. The van der Waals surface area contributed by atoms with Crippen molar-refractivity contribution in [1.82, 2.24) is 31.3 Å². The lowest BCUT2D eigenvalue weighted by atomic mass is 9.91. The predicted molar refractivity (Wildman–Crippen MR) is 107 cm³/mol. The number of nitrogens with zero attached hydrogens (tertiary/aromatic N) is 3. The highest BCUT2D eigenvalue weighted by Crippen LogP contribution is 2.64. The van der Waals surface area contributed by atoms with Gasteiger partial charge in [0.1, 0.15) is 11.8 Å². The second-order valence-corrected chi connectivity index (χ2v) is 8.22. The van der Waals surface area contributed by atoms with E-state index < -0.39 is 11.9 Å². The maximum absolute atomic E-state index is 13.0. The molecule has 1 heterocycles. The Bertz CT molecular complexity index is 904. The van der Waals surface area contributed by atoms with Gasteiger partial charge in [-0.25, -0.2) is 0 Å². The van der Waals surface area contributed by atoms with Gasteiger partial charge < -0.3 is 21.5 Å². The number of carbonyl (C=O) groups is 2. The lowest BCUT2D eigenvalue weighted by Crippen LogP contribution is -2.48. The van der Waals surface area contributed by atoms with Crippen LogP contribution < -0.4 is 16.4 Å². The summed E-state index contributed by atoms with van der Waals surface area (Å²) in [7, 11) is 0. The molecule has 2 saturated carbocycles. The molecule has 10 heteroatoms. The number of carbonyl (C=O) groups excluding carboxylic acids is 2. The molecule has 2 aromatic rings. The van der Waals surface area contributed by atoms with Gasteiger partial charge in [0.2, 0.25) is 5.91 Å². The first-order valence-electron chi connectivity index (χ1n) is 10.4. The van der Waals surface area contributed by atoms with E-state index >= 15 is 0 Å². The lowest BCUT2D eigenvalue weighted by molar-refractivity contribution is -0.123. The van der Waals surface area contributed by atoms with Crippen LogP contribution in [0.25, 0.3) is 0 Å². The SMILES string of the molecule is NCCC[C@H](NC(=O)c1cccc(O)c1)C(=O)N[C@H]1CC12CCC[C@H]2c1nn[nH]n1. The molecule has 1 aromatic heterocycles. The van der Waals surface area contributed by atoms with E-state index in [2.05, 4.69) is 31.3 Å². The topological polar surface area (TPSA) is 159 Å². The Kier molecular flexibility index (Phi) is 5.67. The first-order valence-corrected chi connectivity index (χ1v) is 10.4. The summed E-state index contributed by atoms with van der Waals surface area (Å²) >= 11 is 0. The summed E-state index contributed by atoms with van der Waals surface area (Å²) < 4.78 is 0. The highest BCUT2D eigenvalue weighted by atomic mass is 16.3. The normalized spacial score (nSPS) is 25.8. The third-order valence-electron chi connectivity index (χ3n) is 6.36. The van der Waals surface area contributed by atoms with Crippen molar-refractivity contribution in [3.05, 3.63) is 35.7 Å². The van der Waals surface area contributed by atoms with Gasteiger partial charge in [0.25, 0.3) is 5.91 Å². The van der Waals surface area contributed by atoms with Crippen LogP contribution in [-0.2, 0) is 4.79 Å². The van der Waals surface area contributed by atoms with Gasteiger partial charge in [0, 0.05) is 22.9 Å². The summed E-state index contributed by atoms with van der Waals surface area (Å²) in [5.74, 6) is 0.281. The van der Waals surface area contributed by atoms with Gasteiger partial charge in [-0.15, -0.1) is 10.2 Å². The van der Waals surface area contributed by atoms with Crippen LogP contribution in [0, 0.1) is 5.41 Å². The molecule has 0 aliphatic heterocycles. The van der Waals surface area contributed by atoms with Crippen LogP contribution in [0.5, 0.6) is 5.75 Å². The average Bonchev–Trinajstić information content (AvgIpc) is 3.08. The number of hydrogen-bond donors (Lipinski definition) is 5. The summed E-state index contributed by atoms with van der Waals surface area (Å²) in [4.78, 5) is 25.6. The first-order chi connectivity index (χ1) is 14.5. The molecule has 10 nitrogen and oxygen atoms in total. The molecule has 2 fully saturated rings. The van der Waals surface area contributed by atoms with E-state index in [0.29, 0.717) is 30.8 Å². The number of aromatic amines is 1. The van der Waals surface area contributed by atoms with E-state index in [1.165, 1.54) is 12.1 Å². The Morgan fingerprint density at radius 2 is 2.27 bits per heavy atom. The zero-order chi connectivity index (χ0) is 21.1. The van der Waals surface area contributed by atoms with E-state index in [1.807, 2.05) is 0 Å². The maximum atomic E-state index is 13.0. The molecule has 4 atom stereocenters. The molecular weight excluding hydrogens is 386 g/mol. The smallest absolute Gasteiger partial charge is 0.252 e. The molecule has 6 N–H and O–H groups in total. The predicted octanol–water partition coefficient (Wildman–Crippen LogP) is 0.585. The van der Waals surface area contributed by atoms with Crippen molar-refractivity contribution >= 4 is 11.8 Å². The number of amides is 2. The number of hydrogen-bond acceptors (Lipinski definition) is 7. The average molecular weight is 413 g/mol. The van der Waals surface area contributed by atoms with Crippen molar-refractivity contribution in [2.45, 2.75) is 56.5 Å². The zero-order valence-corrected chi connectivity index (χ0v) is 16.7. The van der Waals surface area contributed by atoms with Crippen LogP contribution >= 0.6 is 0 Å². The molecule has 160 valence electrons. The van der Waals surface area contributed by atoms with Crippen LogP contribution in [0.3, 0.4) is 0 Å². The minimum absolute atomic E-state index is 0.000673. The van der Waals surface area contributed by atoms with Crippen LogP contribution in [0.1, 0.15) is 60.6 Å². The van der Waals surface area contributed by atoms with Gasteiger partial charge in [-0.3, -0.25) is 9.59 Å². The number of H-pyrrole nitrogens is 1. The minimum atomic E-state index is -0.689. The quantitative estimate of drug-likeness (QED) is 0.423. The monoisotopic (exact) mass is 413 g/mol. The number of tetrazole rings is 1. The Morgan fingerprint density at radius 1 is 1.40 bits per heavy atom. The van der Waals surface area contributed by atoms with Crippen molar-refractivity contribution < 1.29 is 14.7 Å². The number of nitrogens with one attached hydrogen (secondary N) is 3. The van der Waals surface area contributed by atoms with Gasteiger partial charge >= 0.3 is 0 Å². The molecule has 1 aromatic carbocycles.